The van der Waals surface area contributed by atoms with Crippen LogP contribution in [0.3, 0.4) is 0 Å². The van der Waals surface area contributed by atoms with E-state index in [0.29, 0.717) is 21.5 Å². The average molecular weight is 339 g/mol. The van der Waals surface area contributed by atoms with E-state index < -0.39 is 0 Å². The predicted octanol–water partition coefficient (Wildman–Crippen LogP) is 2.72. The number of benzene rings is 1. The van der Waals surface area contributed by atoms with Gasteiger partial charge < -0.3 is 10.6 Å². The molecule has 0 aliphatic carbocycles. The first-order valence-electron chi connectivity index (χ1n) is 5.94. The molecule has 0 saturated heterocycles. The molecular formula is C12H18Cl3N5. The Kier molecular flexibility index (Phi) is 6.85. The minimum Gasteiger partial charge on any atom is -0.388 e. The van der Waals surface area contributed by atoms with E-state index >= 15 is 0 Å². The molecule has 1 atom stereocenters. The van der Waals surface area contributed by atoms with Crippen molar-refractivity contribution in [3.63, 3.8) is 0 Å². The van der Waals surface area contributed by atoms with Gasteiger partial charge in [0.05, 0.1) is 21.1 Å². The third-order valence-electron chi connectivity index (χ3n) is 2.79. The minimum absolute atomic E-state index is 0.250. The van der Waals surface area contributed by atoms with Gasteiger partial charge in [-0.25, -0.2) is 11.0 Å². The average Bonchev–Trinajstić information content (AvgIpc) is 2.38. The lowest BCUT2D eigenvalue weighted by Crippen LogP contribution is -2.33. The maximum Gasteiger partial charge on any atom is 0.107 e. The smallest absolute Gasteiger partial charge is 0.107 e. The summed E-state index contributed by atoms with van der Waals surface area (Å²) in [5, 5.41) is 6.25. The number of hydrazone groups is 1. The first-order chi connectivity index (χ1) is 9.38. The van der Waals surface area contributed by atoms with Gasteiger partial charge in [0.2, 0.25) is 0 Å². The molecule has 1 unspecified atom stereocenters. The summed E-state index contributed by atoms with van der Waals surface area (Å²) in [6, 6.07) is 3.23. The van der Waals surface area contributed by atoms with Crippen LogP contribution in [0.1, 0.15) is 18.0 Å². The zero-order valence-electron chi connectivity index (χ0n) is 11.4. The summed E-state index contributed by atoms with van der Waals surface area (Å²) in [5.41, 5.74) is 6.05. The van der Waals surface area contributed by atoms with Gasteiger partial charge in [0, 0.05) is 0 Å². The molecule has 1 rings (SSSR count). The van der Waals surface area contributed by atoms with E-state index in [2.05, 4.69) is 5.10 Å². The molecule has 5 nitrogen and oxygen atoms in total. The number of rotatable bonds is 6. The second-order valence-electron chi connectivity index (χ2n) is 4.52. The summed E-state index contributed by atoms with van der Waals surface area (Å²) < 4.78 is 0. The zero-order valence-corrected chi connectivity index (χ0v) is 13.6. The molecule has 0 aliphatic rings. The van der Waals surface area contributed by atoms with Crippen molar-refractivity contribution in [1.29, 1.82) is 0 Å². The second-order valence-corrected chi connectivity index (χ2v) is 5.68. The highest BCUT2D eigenvalue weighted by atomic mass is 35.5. The maximum atomic E-state index is 6.26. The fraction of sp³-hybridized carbons (Fsp3) is 0.417. The van der Waals surface area contributed by atoms with Crippen LogP contribution >= 0.6 is 34.8 Å². The van der Waals surface area contributed by atoms with E-state index in [4.69, 9.17) is 46.4 Å². The van der Waals surface area contributed by atoms with Crippen LogP contribution in [0.5, 0.6) is 0 Å². The lowest BCUT2D eigenvalue weighted by atomic mass is 10.0. The first kappa shape index (κ1) is 17.3. The summed E-state index contributed by atoms with van der Waals surface area (Å²) in [5.74, 6) is 5.91. The minimum atomic E-state index is -0.250. The molecule has 8 heteroatoms. The van der Waals surface area contributed by atoms with Crippen LogP contribution in [0.2, 0.25) is 15.1 Å². The Hall–Kier alpha value is -0.720. The van der Waals surface area contributed by atoms with Crippen LogP contribution in [-0.2, 0) is 0 Å². The molecule has 1 aromatic rings. The normalized spacial score (nSPS) is 13.2. The van der Waals surface area contributed by atoms with Crippen molar-refractivity contribution >= 4 is 41.1 Å². The Morgan fingerprint density at radius 3 is 2.45 bits per heavy atom. The fourth-order valence-electron chi connectivity index (χ4n) is 1.77. The Morgan fingerprint density at radius 2 is 1.90 bits per heavy atom. The first-order valence-corrected chi connectivity index (χ1v) is 7.08. The Balaban J connectivity index is 3.12. The molecule has 4 N–H and O–H groups in total. The van der Waals surface area contributed by atoms with Crippen molar-refractivity contribution in [2.75, 3.05) is 20.6 Å². The van der Waals surface area contributed by atoms with Crippen LogP contribution in [0, 0.1) is 0 Å². The summed E-state index contributed by atoms with van der Waals surface area (Å²) >= 11 is 18.3. The van der Waals surface area contributed by atoms with Crippen LogP contribution < -0.4 is 11.6 Å². The quantitative estimate of drug-likeness (QED) is 0.275. The summed E-state index contributed by atoms with van der Waals surface area (Å²) in [6.45, 7) is 0.801. The largest absolute Gasteiger partial charge is 0.388 e. The molecule has 0 saturated carbocycles. The molecule has 0 radical (unpaired) electrons. The van der Waals surface area contributed by atoms with E-state index in [1.165, 1.54) is 5.12 Å². The predicted molar refractivity (Wildman–Crippen MR) is 86.1 cm³/mol. The van der Waals surface area contributed by atoms with E-state index in [1.807, 2.05) is 19.0 Å². The molecule has 1 aromatic carbocycles. The monoisotopic (exact) mass is 337 g/mol. The summed E-state index contributed by atoms with van der Waals surface area (Å²) in [4.78, 5) is 2.04. The van der Waals surface area contributed by atoms with Crippen LogP contribution in [0.4, 0.5) is 0 Å². The van der Waals surface area contributed by atoms with Crippen molar-refractivity contribution in [3.8, 4) is 0 Å². The molecule has 0 amide bonds. The van der Waals surface area contributed by atoms with Crippen LogP contribution in [0.15, 0.2) is 17.2 Å². The van der Waals surface area contributed by atoms with E-state index in [0.717, 1.165) is 18.4 Å². The van der Waals surface area contributed by atoms with Gasteiger partial charge in [-0.15, -0.1) is 0 Å². The third kappa shape index (κ3) is 4.40. The highest BCUT2D eigenvalue weighted by Crippen LogP contribution is 2.37. The van der Waals surface area contributed by atoms with Crippen LogP contribution in [0.25, 0.3) is 0 Å². The second kappa shape index (κ2) is 7.90. The Morgan fingerprint density at radius 1 is 1.25 bits per heavy atom. The molecule has 0 fully saturated rings. The number of nitrogens with zero attached hydrogens (tertiary/aromatic N) is 3. The summed E-state index contributed by atoms with van der Waals surface area (Å²) in [6.07, 6.45) is 1.84. The molecule has 112 valence electrons. The lowest BCUT2D eigenvalue weighted by Gasteiger charge is -2.27. The maximum absolute atomic E-state index is 6.26. The van der Waals surface area contributed by atoms with Gasteiger partial charge in [0.15, 0.2) is 0 Å². The van der Waals surface area contributed by atoms with Crippen molar-refractivity contribution in [1.82, 2.24) is 10.0 Å². The van der Waals surface area contributed by atoms with Gasteiger partial charge in [0.25, 0.3) is 0 Å². The van der Waals surface area contributed by atoms with Crippen molar-refractivity contribution in [3.05, 3.63) is 32.8 Å². The number of halogens is 3. The van der Waals surface area contributed by atoms with Crippen molar-refractivity contribution < 1.29 is 0 Å². The van der Waals surface area contributed by atoms with Gasteiger partial charge in [-0.1, -0.05) is 40.9 Å². The van der Waals surface area contributed by atoms with E-state index in [1.54, 1.807) is 12.1 Å². The summed E-state index contributed by atoms with van der Waals surface area (Å²) in [7, 11) is 3.95. The molecule has 0 aromatic heterocycles. The molecule has 0 spiro atoms. The van der Waals surface area contributed by atoms with Gasteiger partial charge >= 0.3 is 0 Å². The number of hydrogen-bond donors (Lipinski definition) is 2. The zero-order chi connectivity index (χ0) is 15.3. The molecule has 0 heterocycles. The molecular weight excluding hydrogens is 321 g/mol. The molecule has 0 bridgehead atoms. The SMILES string of the molecule is CN(C)CCC(c1ccc(Cl)c(Cl)c1Cl)N(N)/N=C\N. The van der Waals surface area contributed by atoms with Crippen LogP contribution in [-0.4, -0.2) is 37.0 Å². The topological polar surface area (TPSA) is 70.9 Å². The molecule has 20 heavy (non-hydrogen) atoms. The van der Waals surface area contributed by atoms with Crippen molar-refractivity contribution in [2.24, 2.45) is 16.7 Å². The molecule has 0 aliphatic heterocycles. The highest BCUT2D eigenvalue weighted by molar-refractivity contribution is 6.48. The van der Waals surface area contributed by atoms with Gasteiger partial charge in [-0.3, -0.25) is 0 Å². The standard InChI is InChI=1S/C12H18Cl3N5/c1-19(2)6-5-10(20(17)18-7-16)8-3-4-9(13)12(15)11(8)14/h3-4,7,10H,5-6,17H2,1-2H3,(H2,16,18). The van der Waals surface area contributed by atoms with E-state index in [9.17, 15) is 0 Å². The van der Waals surface area contributed by atoms with Gasteiger partial charge in [-0.2, -0.15) is 5.10 Å². The van der Waals surface area contributed by atoms with Gasteiger partial charge in [-0.05, 0) is 38.7 Å². The Labute approximate surface area is 134 Å². The third-order valence-corrected chi connectivity index (χ3v) is 4.10. The highest BCUT2D eigenvalue weighted by Gasteiger charge is 2.22. The lowest BCUT2D eigenvalue weighted by molar-refractivity contribution is 0.187. The van der Waals surface area contributed by atoms with E-state index in [-0.39, 0.29) is 6.04 Å². The Bertz CT molecular complexity index is 478. The fourth-order valence-corrected chi connectivity index (χ4v) is 2.44. The van der Waals surface area contributed by atoms with Crippen molar-refractivity contribution in [2.45, 2.75) is 12.5 Å². The number of hydrazine groups is 1. The number of nitrogens with two attached hydrogens (primary N) is 2. The number of hydrogen-bond acceptors (Lipinski definition) is 4. The van der Waals surface area contributed by atoms with Gasteiger partial charge in [0.1, 0.15) is 6.34 Å².